The third-order valence-corrected chi connectivity index (χ3v) is 7.40. The van der Waals surface area contributed by atoms with E-state index in [1.165, 1.54) is 11.3 Å². The second kappa shape index (κ2) is 13.7. The van der Waals surface area contributed by atoms with Crippen molar-refractivity contribution in [3.63, 3.8) is 0 Å². The van der Waals surface area contributed by atoms with Crippen LogP contribution in [0.4, 0.5) is 0 Å². The number of carbonyl (C=O) groups is 1. The number of para-hydroxylation sites is 1. The first-order valence-electron chi connectivity index (χ1n) is 14.1. The second-order valence-electron chi connectivity index (χ2n) is 9.85. The molecule has 0 saturated carbocycles. The fourth-order valence-electron chi connectivity index (χ4n) is 4.63. The highest BCUT2D eigenvalue weighted by molar-refractivity contribution is 7.07. The van der Waals surface area contributed by atoms with Gasteiger partial charge in [-0.3, -0.25) is 9.36 Å². The molecule has 4 rings (SSSR count). The summed E-state index contributed by atoms with van der Waals surface area (Å²) < 4.78 is 25.3. The fourth-order valence-corrected chi connectivity index (χ4v) is 5.68. The number of ether oxygens (including phenoxy) is 4. The van der Waals surface area contributed by atoms with Crippen LogP contribution in [-0.4, -0.2) is 36.5 Å². The first kappa shape index (κ1) is 30.1. The zero-order valence-electron chi connectivity index (χ0n) is 24.6. The molecule has 8 nitrogen and oxygen atoms in total. The number of allylic oxidation sites excluding steroid dienone is 1. The van der Waals surface area contributed by atoms with E-state index in [0.29, 0.717) is 56.6 Å². The number of esters is 1. The van der Waals surface area contributed by atoms with E-state index in [4.69, 9.17) is 18.9 Å². The normalized spacial score (nSPS) is 15.0. The van der Waals surface area contributed by atoms with Crippen LogP contribution < -0.4 is 29.1 Å². The fraction of sp³-hybridized carbons (Fsp3) is 0.406. The Labute approximate surface area is 244 Å². The molecule has 1 aromatic heterocycles. The van der Waals surface area contributed by atoms with E-state index in [0.717, 1.165) is 18.4 Å². The number of nitrogens with zero attached hydrogens (tertiary/aromatic N) is 2. The number of fused-ring (bicyclic) bond motifs is 1. The van der Waals surface area contributed by atoms with Crippen LogP contribution in [0.15, 0.2) is 63.5 Å². The van der Waals surface area contributed by atoms with Crippen LogP contribution in [-0.2, 0) is 9.53 Å². The van der Waals surface area contributed by atoms with Gasteiger partial charge in [0.2, 0.25) is 0 Å². The van der Waals surface area contributed by atoms with E-state index in [1.54, 1.807) is 18.4 Å². The summed E-state index contributed by atoms with van der Waals surface area (Å²) in [5.41, 5.74) is 2.06. The highest BCUT2D eigenvalue weighted by atomic mass is 32.1. The van der Waals surface area contributed by atoms with Gasteiger partial charge < -0.3 is 18.9 Å². The largest absolute Gasteiger partial charge is 0.491 e. The van der Waals surface area contributed by atoms with Gasteiger partial charge in [0.05, 0.1) is 41.7 Å². The number of carbonyl (C=O) groups excluding carboxylic acids is 1. The molecule has 0 aliphatic carbocycles. The molecule has 0 saturated heterocycles. The van der Waals surface area contributed by atoms with Crippen LogP contribution in [0.1, 0.15) is 71.6 Å². The molecule has 0 amide bonds. The summed E-state index contributed by atoms with van der Waals surface area (Å²) in [6, 6.07) is 12.4. The average Bonchev–Trinajstić information content (AvgIpc) is 3.23. The Balaban J connectivity index is 1.87. The Morgan fingerprint density at radius 2 is 1.83 bits per heavy atom. The molecule has 2 heterocycles. The SMILES string of the molecule is CCCCOc1ccc(/C=c2/sc3n(c2=O)[C@@H](c2ccccc2OC(C)C)C(C(=O)OCC)=C(C)N=3)cc1OCC. The second-order valence-corrected chi connectivity index (χ2v) is 10.9. The zero-order chi connectivity index (χ0) is 29.5. The van der Waals surface area contributed by atoms with Gasteiger partial charge in [-0.1, -0.05) is 48.9 Å². The lowest BCUT2D eigenvalue weighted by Gasteiger charge is -2.26. The van der Waals surface area contributed by atoms with Crippen molar-refractivity contribution in [2.24, 2.45) is 4.99 Å². The molecule has 0 N–H and O–H groups in total. The quantitative estimate of drug-likeness (QED) is 0.218. The van der Waals surface area contributed by atoms with E-state index in [9.17, 15) is 9.59 Å². The smallest absolute Gasteiger partial charge is 0.338 e. The predicted molar refractivity (Wildman–Crippen MR) is 161 cm³/mol. The lowest BCUT2D eigenvalue weighted by atomic mass is 9.95. The minimum absolute atomic E-state index is 0.100. The molecule has 0 bridgehead atoms. The standard InChI is InChI=1S/C32H38N2O6S/c1-7-10-17-39-25-16-15-22(18-26(25)37-8-2)19-27-30(35)34-29(23-13-11-12-14-24(23)40-20(4)5)28(31(36)38-9-3)21(6)33-32(34)41-27/h11-16,18-20,29H,7-10,17H2,1-6H3/b27-19+/t29-/m0/s1. The van der Waals surface area contributed by atoms with Crippen molar-refractivity contribution < 1.29 is 23.7 Å². The van der Waals surface area contributed by atoms with Crippen molar-refractivity contribution in [2.75, 3.05) is 19.8 Å². The maximum atomic E-state index is 14.0. The van der Waals surface area contributed by atoms with Crippen molar-refractivity contribution in [3.8, 4) is 17.2 Å². The first-order valence-corrected chi connectivity index (χ1v) is 14.9. The van der Waals surface area contributed by atoms with Crippen molar-refractivity contribution in [2.45, 2.75) is 66.5 Å². The molecule has 9 heteroatoms. The first-order chi connectivity index (χ1) is 19.8. The zero-order valence-corrected chi connectivity index (χ0v) is 25.4. The van der Waals surface area contributed by atoms with Gasteiger partial charge in [0.25, 0.3) is 5.56 Å². The van der Waals surface area contributed by atoms with Gasteiger partial charge in [0.15, 0.2) is 16.3 Å². The molecule has 0 fully saturated rings. The minimum atomic E-state index is -0.754. The van der Waals surface area contributed by atoms with Crippen LogP contribution >= 0.6 is 11.3 Å². The Bertz CT molecular complexity index is 1600. The number of benzene rings is 2. The number of rotatable bonds is 12. The molecule has 2 aromatic carbocycles. The molecular weight excluding hydrogens is 540 g/mol. The monoisotopic (exact) mass is 578 g/mol. The summed E-state index contributed by atoms with van der Waals surface area (Å²) in [5, 5.41) is 0. The molecule has 1 aliphatic rings. The molecule has 0 radical (unpaired) electrons. The van der Waals surface area contributed by atoms with Crippen LogP contribution in [0.5, 0.6) is 17.2 Å². The number of unbranched alkanes of at least 4 members (excludes halogenated alkanes) is 1. The summed E-state index contributed by atoms with van der Waals surface area (Å²) >= 11 is 1.28. The Hall–Kier alpha value is -3.85. The van der Waals surface area contributed by atoms with E-state index in [2.05, 4.69) is 11.9 Å². The summed E-state index contributed by atoms with van der Waals surface area (Å²) in [6.07, 6.45) is 3.71. The molecule has 218 valence electrons. The van der Waals surface area contributed by atoms with Crippen molar-refractivity contribution >= 4 is 23.4 Å². The van der Waals surface area contributed by atoms with Crippen LogP contribution in [0.25, 0.3) is 6.08 Å². The summed E-state index contributed by atoms with van der Waals surface area (Å²) in [5.74, 6) is 1.39. The lowest BCUT2D eigenvalue weighted by molar-refractivity contribution is -0.139. The Morgan fingerprint density at radius 1 is 1.05 bits per heavy atom. The Kier molecular flexibility index (Phi) is 10.0. The summed E-state index contributed by atoms with van der Waals surface area (Å²) in [4.78, 5) is 32.5. The van der Waals surface area contributed by atoms with Gasteiger partial charge in [-0.05, 0) is 70.9 Å². The highest BCUT2D eigenvalue weighted by Gasteiger charge is 2.35. The maximum Gasteiger partial charge on any atom is 0.338 e. The van der Waals surface area contributed by atoms with Gasteiger partial charge in [0.1, 0.15) is 11.8 Å². The lowest BCUT2D eigenvalue weighted by Crippen LogP contribution is -2.40. The van der Waals surface area contributed by atoms with E-state index >= 15 is 0 Å². The van der Waals surface area contributed by atoms with Gasteiger partial charge in [0, 0.05) is 5.56 Å². The molecule has 1 atom stereocenters. The summed E-state index contributed by atoms with van der Waals surface area (Å²) in [6.45, 7) is 12.7. The Morgan fingerprint density at radius 3 is 2.54 bits per heavy atom. The van der Waals surface area contributed by atoms with Crippen molar-refractivity contribution in [3.05, 3.63) is 84.5 Å². The molecule has 41 heavy (non-hydrogen) atoms. The van der Waals surface area contributed by atoms with Crippen molar-refractivity contribution in [1.82, 2.24) is 4.57 Å². The number of thiazole rings is 1. The number of hydrogen-bond donors (Lipinski definition) is 0. The predicted octanol–water partition coefficient (Wildman–Crippen LogP) is 5.16. The molecule has 0 spiro atoms. The summed E-state index contributed by atoms with van der Waals surface area (Å²) in [7, 11) is 0. The van der Waals surface area contributed by atoms with Crippen LogP contribution in [0, 0.1) is 0 Å². The van der Waals surface area contributed by atoms with Crippen LogP contribution in [0.2, 0.25) is 0 Å². The van der Waals surface area contributed by atoms with Gasteiger partial charge in [-0.15, -0.1) is 0 Å². The van der Waals surface area contributed by atoms with Gasteiger partial charge >= 0.3 is 5.97 Å². The number of hydrogen-bond acceptors (Lipinski definition) is 8. The molecule has 1 aliphatic heterocycles. The van der Waals surface area contributed by atoms with Gasteiger partial charge in [-0.25, -0.2) is 9.79 Å². The molecule has 0 unspecified atom stereocenters. The maximum absolute atomic E-state index is 14.0. The van der Waals surface area contributed by atoms with E-state index in [1.807, 2.05) is 69.3 Å². The van der Waals surface area contributed by atoms with Gasteiger partial charge in [-0.2, -0.15) is 0 Å². The van der Waals surface area contributed by atoms with E-state index in [-0.39, 0.29) is 18.3 Å². The number of aromatic nitrogens is 1. The molecular formula is C32H38N2O6S. The van der Waals surface area contributed by atoms with Crippen molar-refractivity contribution in [1.29, 1.82) is 0 Å². The van der Waals surface area contributed by atoms with E-state index < -0.39 is 12.0 Å². The topological polar surface area (TPSA) is 88.4 Å². The molecule has 3 aromatic rings. The minimum Gasteiger partial charge on any atom is -0.491 e. The third kappa shape index (κ3) is 6.73. The van der Waals surface area contributed by atoms with Crippen LogP contribution in [0.3, 0.4) is 0 Å². The highest BCUT2D eigenvalue weighted by Crippen LogP contribution is 2.36. The average molecular weight is 579 g/mol. The third-order valence-electron chi connectivity index (χ3n) is 6.41.